The van der Waals surface area contributed by atoms with Crippen LogP contribution in [0.3, 0.4) is 0 Å². The highest BCUT2D eigenvalue weighted by Crippen LogP contribution is 2.20. The van der Waals surface area contributed by atoms with Crippen molar-refractivity contribution in [3.8, 4) is 0 Å². The predicted octanol–water partition coefficient (Wildman–Crippen LogP) is 1.66. The second-order valence-corrected chi connectivity index (χ2v) is 3.13. The van der Waals surface area contributed by atoms with Crippen LogP contribution in [0.4, 0.5) is 0 Å². The molecule has 1 nitrogen and oxygen atoms in total. The van der Waals surface area contributed by atoms with E-state index in [0.29, 0.717) is 0 Å². The van der Waals surface area contributed by atoms with Crippen molar-refractivity contribution in [1.29, 1.82) is 0 Å². The van der Waals surface area contributed by atoms with Gasteiger partial charge in [-0.1, -0.05) is 11.6 Å². The van der Waals surface area contributed by atoms with Crippen molar-refractivity contribution in [3.63, 3.8) is 0 Å². The predicted molar refractivity (Wildman–Crippen MR) is 40.6 cm³/mol. The van der Waals surface area contributed by atoms with Crippen molar-refractivity contribution in [3.05, 3.63) is 11.6 Å². The summed E-state index contributed by atoms with van der Waals surface area (Å²) in [5, 5.41) is 0.162. The summed E-state index contributed by atoms with van der Waals surface area (Å²) in [7, 11) is 0. The highest BCUT2D eigenvalue weighted by atomic mass is 35.5. The van der Waals surface area contributed by atoms with E-state index in [1.54, 1.807) is 0 Å². The second kappa shape index (κ2) is 2.72. The Morgan fingerprint density at radius 3 is 2.89 bits per heavy atom. The van der Waals surface area contributed by atoms with Gasteiger partial charge in [0.15, 0.2) is 0 Å². The fourth-order valence-corrected chi connectivity index (χ4v) is 1.40. The Kier molecular flexibility index (Phi) is 2.14. The molecular formula is C7H12ClN. The molecule has 0 radical (unpaired) electrons. The van der Waals surface area contributed by atoms with E-state index >= 15 is 0 Å². The molecule has 0 fully saturated rings. The van der Waals surface area contributed by atoms with Crippen molar-refractivity contribution < 1.29 is 0 Å². The molecule has 0 aliphatic heterocycles. The van der Waals surface area contributed by atoms with Crippen molar-refractivity contribution >= 4 is 11.6 Å². The summed E-state index contributed by atoms with van der Waals surface area (Å²) >= 11 is 5.90. The van der Waals surface area contributed by atoms with Gasteiger partial charge < -0.3 is 5.73 Å². The molecule has 9 heavy (non-hydrogen) atoms. The van der Waals surface area contributed by atoms with Crippen molar-refractivity contribution in [2.24, 2.45) is 5.73 Å². The van der Waals surface area contributed by atoms with Crippen LogP contribution in [0.5, 0.6) is 0 Å². The van der Waals surface area contributed by atoms with Gasteiger partial charge in [-0.05, 0) is 19.8 Å². The molecule has 2 N–H and O–H groups in total. The molecule has 2 atom stereocenters. The largest absolute Gasteiger partial charge is 0.323 e. The van der Waals surface area contributed by atoms with E-state index in [2.05, 4.69) is 6.08 Å². The fourth-order valence-electron chi connectivity index (χ4n) is 1.07. The smallest absolute Gasteiger partial charge is 0.0528 e. The SMILES string of the molecule is CC1=CCCC(Cl)C1N. The van der Waals surface area contributed by atoms with Crippen LogP contribution >= 0.6 is 11.6 Å². The maximum absolute atomic E-state index is 5.90. The first-order valence-corrected chi connectivity index (χ1v) is 3.72. The molecule has 1 rings (SSSR count). The van der Waals surface area contributed by atoms with E-state index in [1.165, 1.54) is 5.57 Å². The number of hydrogen-bond donors (Lipinski definition) is 1. The van der Waals surface area contributed by atoms with Crippen molar-refractivity contribution in [2.75, 3.05) is 0 Å². The van der Waals surface area contributed by atoms with Gasteiger partial charge in [-0.3, -0.25) is 0 Å². The van der Waals surface area contributed by atoms with Crippen LogP contribution in [0.25, 0.3) is 0 Å². The number of rotatable bonds is 0. The molecule has 0 aromatic heterocycles. The van der Waals surface area contributed by atoms with E-state index in [9.17, 15) is 0 Å². The molecule has 52 valence electrons. The Bertz CT molecular complexity index is 131. The first kappa shape index (κ1) is 7.10. The number of allylic oxidation sites excluding steroid dienone is 1. The molecule has 0 aromatic carbocycles. The summed E-state index contributed by atoms with van der Waals surface area (Å²) in [5.74, 6) is 0. The number of nitrogens with two attached hydrogens (primary N) is 1. The van der Waals surface area contributed by atoms with E-state index in [-0.39, 0.29) is 11.4 Å². The van der Waals surface area contributed by atoms with E-state index in [0.717, 1.165) is 12.8 Å². The summed E-state index contributed by atoms with van der Waals surface area (Å²) in [5.41, 5.74) is 6.96. The number of hydrogen-bond acceptors (Lipinski definition) is 1. The average molecular weight is 146 g/mol. The van der Waals surface area contributed by atoms with Crippen LogP contribution in [-0.2, 0) is 0 Å². The van der Waals surface area contributed by atoms with E-state index < -0.39 is 0 Å². The lowest BCUT2D eigenvalue weighted by molar-refractivity contribution is 0.624. The first-order chi connectivity index (χ1) is 4.22. The van der Waals surface area contributed by atoms with Gasteiger partial charge in [-0.25, -0.2) is 0 Å². The average Bonchev–Trinajstić information content (AvgIpc) is 1.83. The lowest BCUT2D eigenvalue weighted by Crippen LogP contribution is -2.34. The monoisotopic (exact) mass is 145 g/mol. The van der Waals surface area contributed by atoms with Crippen LogP contribution in [0.1, 0.15) is 19.8 Å². The molecule has 0 spiro atoms. The third-order valence-electron chi connectivity index (χ3n) is 1.82. The number of halogens is 1. The van der Waals surface area contributed by atoms with Gasteiger partial charge in [0.25, 0.3) is 0 Å². The standard InChI is InChI=1S/C7H12ClN/c1-5-3-2-4-6(8)7(5)9/h3,6-7H,2,4,9H2,1H3. The Balaban J connectivity index is 2.62. The maximum atomic E-state index is 5.90. The summed E-state index contributed by atoms with van der Waals surface area (Å²) in [6, 6.07) is 0.0976. The Hall–Kier alpha value is -0.0100. The minimum Gasteiger partial charge on any atom is -0.323 e. The highest BCUT2D eigenvalue weighted by Gasteiger charge is 2.18. The van der Waals surface area contributed by atoms with Gasteiger partial charge in [0.05, 0.1) is 5.38 Å². The van der Waals surface area contributed by atoms with Gasteiger partial charge in [-0.15, -0.1) is 11.6 Å². The fraction of sp³-hybridized carbons (Fsp3) is 0.714. The quantitative estimate of drug-likeness (QED) is 0.407. The van der Waals surface area contributed by atoms with Crippen LogP contribution in [0, 0.1) is 0 Å². The lowest BCUT2D eigenvalue weighted by atomic mass is 9.96. The normalized spacial score (nSPS) is 36.1. The summed E-state index contributed by atoms with van der Waals surface area (Å²) in [6.45, 7) is 2.04. The zero-order valence-corrected chi connectivity index (χ0v) is 6.36. The van der Waals surface area contributed by atoms with Gasteiger partial charge in [0.1, 0.15) is 0 Å². The molecule has 2 heteroatoms. The Labute approximate surface area is 60.9 Å². The van der Waals surface area contributed by atoms with E-state index in [4.69, 9.17) is 17.3 Å². The molecule has 0 amide bonds. The van der Waals surface area contributed by atoms with Gasteiger partial charge in [0.2, 0.25) is 0 Å². The molecule has 0 aromatic rings. The zero-order valence-electron chi connectivity index (χ0n) is 5.60. The summed E-state index contributed by atoms with van der Waals surface area (Å²) in [6.07, 6.45) is 4.29. The van der Waals surface area contributed by atoms with Crippen LogP contribution in [0.2, 0.25) is 0 Å². The minimum atomic E-state index is 0.0976. The Morgan fingerprint density at radius 2 is 2.44 bits per heavy atom. The maximum Gasteiger partial charge on any atom is 0.0528 e. The number of alkyl halides is 1. The van der Waals surface area contributed by atoms with E-state index in [1.807, 2.05) is 6.92 Å². The zero-order chi connectivity index (χ0) is 6.85. The van der Waals surface area contributed by atoms with Crippen molar-refractivity contribution in [1.82, 2.24) is 0 Å². The van der Waals surface area contributed by atoms with Gasteiger partial charge in [0, 0.05) is 6.04 Å². The molecule has 0 saturated carbocycles. The molecular weight excluding hydrogens is 134 g/mol. The minimum absolute atomic E-state index is 0.0976. The third-order valence-corrected chi connectivity index (χ3v) is 2.31. The molecule has 0 bridgehead atoms. The molecule has 1 aliphatic rings. The topological polar surface area (TPSA) is 26.0 Å². The molecule has 0 saturated heterocycles. The van der Waals surface area contributed by atoms with Crippen LogP contribution in [0.15, 0.2) is 11.6 Å². The van der Waals surface area contributed by atoms with Crippen molar-refractivity contribution in [2.45, 2.75) is 31.2 Å². The summed E-state index contributed by atoms with van der Waals surface area (Å²) in [4.78, 5) is 0. The van der Waals surface area contributed by atoms with Crippen LogP contribution < -0.4 is 5.73 Å². The summed E-state index contributed by atoms with van der Waals surface area (Å²) < 4.78 is 0. The van der Waals surface area contributed by atoms with Gasteiger partial charge in [-0.2, -0.15) is 0 Å². The third kappa shape index (κ3) is 1.46. The molecule has 2 unspecified atom stereocenters. The Morgan fingerprint density at radius 1 is 1.78 bits per heavy atom. The van der Waals surface area contributed by atoms with Gasteiger partial charge >= 0.3 is 0 Å². The second-order valence-electron chi connectivity index (χ2n) is 2.57. The first-order valence-electron chi connectivity index (χ1n) is 3.28. The van der Waals surface area contributed by atoms with Crippen LogP contribution in [-0.4, -0.2) is 11.4 Å². The lowest BCUT2D eigenvalue weighted by Gasteiger charge is -2.22. The highest BCUT2D eigenvalue weighted by molar-refractivity contribution is 6.21. The molecule has 1 aliphatic carbocycles. The molecule has 0 heterocycles.